The molecule has 6 rings (SSSR count). The fourth-order valence-electron chi connectivity index (χ4n) is 3.92. The number of aryl methyl sites for hydroxylation is 1. The first-order valence-corrected chi connectivity index (χ1v) is 10.7. The van der Waals surface area contributed by atoms with Gasteiger partial charge in [-0.3, -0.25) is 0 Å². The van der Waals surface area contributed by atoms with Crippen LogP contribution in [0.2, 0.25) is 0 Å². The number of pyridine rings is 1. The SMILES string of the molecule is [2H]C1([2H])OC([2H])([2H])C([2H])([2H])N(c2ccc(Nc3nc(-c4cnc5c(c4)CCCO5)cn4ccnc34)cc2OC)C1([2H])[2H]. The quantitative estimate of drug-likeness (QED) is 0.477. The second-order valence-electron chi connectivity index (χ2n) is 7.65. The lowest BCUT2D eigenvalue weighted by atomic mass is 10.1. The molecule has 1 N–H and O–H groups in total. The molecule has 4 aromatic rings. The molecule has 2 aliphatic heterocycles. The first-order valence-electron chi connectivity index (χ1n) is 14.7. The molecule has 0 spiro atoms. The van der Waals surface area contributed by atoms with E-state index in [-0.39, 0.29) is 11.4 Å². The Morgan fingerprint density at radius 1 is 1.18 bits per heavy atom. The van der Waals surface area contributed by atoms with Gasteiger partial charge in [0.05, 0.1) is 49.2 Å². The number of hydrogen-bond acceptors (Lipinski definition) is 8. The number of hydrogen-bond donors (Lipinski definition) is 1. The number of nitrogens with one attached hydrogen (secondary N) is 1. The molecule has 0 saturated carbocycles. The Morgan fingerprint density at radius 3 is 2.97 bits per heavy atom. The number of benzene rings is 1. The number of ether oxygens (including phenoxy) is 3. The summed E-state index contributed by atoms with van der Waals surface area (Å²) >= 11 is 0. The van der Waals surface area contributed by atoms with Crippen molar-refractivity contribution >= 4 is 22.8 Å². The molecule has 0 unspecified atom stereocenters. The summed E-state index contributed by atoms with van der Waals surface area (Å²) in [5.74, 6) is 0.955. The van der Waals surface area contributed by atoms with E-state index >= 15 is 0 Å². The summed E-state index contributed by atoms with van der Waals surface area (Å²) in [5, 5.41) is 3.19. The maximum atomic E-state index is 8.38. The van der Waals surface area contributed by atoms with E-state index in [9.17, 15) is 0 Å². The molecule has 0 amide bonds. The molecular weight excluding hydrogens is 432 g/mol. The van der Waals surface area contributed by atoms with Crippen molar-refractivity contribution in [1.82, 2.24) is 19.4 Å². The Bertz CT molecular complexity index is 1660. The fraction of sp³-hybridized carbons (Fsp3) is 0.320. The zero-order valence-electron chi connectivity index (χ0n) is 26.2. The molecule has 1 aromatic carbocycles. The molecule has 1 fully saturated rings. The lowest BCUT2D eigenvalue weighted by molar-refractivity contribution is 0.122. The van der Waals surface area contributed by atoms with Crippen LogP contribution in [-0.4, -0.2) is 59.2 Å². The van der Waals surface area contributed by atoms with E-state index in [1.54, 1.807) is 23.0 Å². The van der Waals surface area contributed by atoms with Crippen LogP contribution in [0, 0.1) is 0 Å². The molecule has 9 heteroatoms. The van der Waals surface area contributed by atoms with Crippen molar-refractivity contribution in [3.63, 3.8) is 0 Å². The Labute approximate surface area is 208 Å². The minimum Gasteiger partial charge on any atom is -0.495 e. The van der Waals surface area contributed by atoms with Gasteiger partial charge in [0.2, 0.25) is 5.88 Å². The van der Waals surface area contributed by atoms with Crippen LogP contribution in [0.15, 0.2) is 49.1 Å². The molecule has 9 nitrogen and oxygen atoms in total. The molecule has 34 heavy (non-hydrogen) atoms. The molecule has 0 radical (unpaired) electrons. The Morgan fingerprint density at radius 2 is 2.09 bits per heavy atom. The minimum absolute atomic E-state index is 0.0457. The van der Waals surface area contributed by atoms with Crippen LogP contribution < -0.4 is 19.7 Å². The van der Waals surface area contributed by atoms with Crippen LogP contribution in [0.1, 0.15) is 23.0 Å². The number of nitrogens with zero attached hydrogens (tertiary/aromatic N) is 5. The van der Waals surface area contributed by atoms with Crippen molar-refractivity contribution in [1.29, 1.82) is 0 Å². The predicted octanol–water partition coefficient (Wildman–Crippen LogP) is 3.71. The minimum atomic E-state index is -3.20. The summed E-state index contributed by atoms with van der Waals surface area (Å²) in [6.07, 6.45) is 8.67. The van der Waals surface area contributed by atoms with Gasteiger partial charge in [0, 0.05) is 60.7 Å². The van der Waals surface area contributed by atoms with Crippen molar-refractivity contribution in [3.05, 3.63) is 54.6 Å². The highest BCUT2D eigenvalue weighted by molar-refractivity contribution is 5.76. The number of fused-ring (bicyclic) bond motifs is 2. The predicted molar refractivity (Wildman–Crippen MR) is 129 cm³/mol. The first-order chi connectivity index (χ1) is 19.7. The summed E-state index contributed by atoms with van der Waals surface area (Å²) in [6.45, 7) is -12.0. The maximum Gasteiger partial charge on any atom is 0.216 e. The summed E-state index contributed by atoms with van der Waals surface area (Å²) in [4.78, 5) is 14.0. The van der Waals surface area contributed by atoms with Crippen LogP contribution >= 0.6 is 0 Å². The number of imidazole rings is 1. The third kappa shape index (κ3) is 3.88. The van der Waals surface area contributed by atoms with Gasteiger partial charge in [0.25, 0.3) is 0 Å². The van der Waals surface area contributed by atoms with Crippen LogP contribution in [-0.2, 0) is 11.2 Å². The summed E-state index contributed by atoms with van der Waals surface area (Å²) in [7, 11) is 1.29. The van der Waals surface area contributed by atoms with Crippen LogP contribution in [0.25, 0.3) is 16.9 Å². The van der Waals surface area contributed by atoms with Crippen molar-refractivity contribution in [2.75, 3.05) is 50.0 Å². The zero-order valence-corrected chi connectivity index (χ0v) is 18.2. The van der Waals surface area contributed by atoms with E-state index in [2.05, 4.69) is 20.0 Å². The van der Waals surface area contributed by atoms with Gasteiger partial charge in [-0.1, -0.05) is 0 Å². The molecular formula is C25H26N6O3. The lowest BCUT2D eigenvalue weighted by Gasteiger charge is -2.30. The lowest BCUT2D eigenvalue weighted by Crippen LogP contribution is -2.36. The largest absolute Gasteiger partial charge is 0.495 e. The highest BCUT2D eigenvalue weighted by atomic mass is 16.5. The highest BCUT2D eigenvalue weighted by Crippen LogP contribution is 2.34. The van der Waals surface area contributed by atoms with Gasteiger partial charge in [-0.15, -0.1) is 0 Å². The van der Waals surface area contributed by atoms with E-state index in [4.69, 9.17) is 25.4 Å². The third-order valence-electron chi connectivity index (χ3n) is 5.52. The number of anilines is 3. The van der Waals surface area contributed by atoms with Gasteiger partial charge in [0.1, 0.15) is 5.75 Å². The summed E-state index contributed by atoms with van der Waals surface area (Å²) in [6, 6.07) is 6.26. The van der Waals surface area contributed by atoms with Crippen LogP contribution in [0.3, 0.4) is 0 Å². The molecule has 3 aromatic heterocycles. The van der Waals surface area contributed by atoms with Gasteiger partial charge >= 0.3 is 0 Å². The third-order valence-corrected chi connectivity index (χ3v) is 5.52. The molecule has 5 heterocycles. The van der Waals surface area contributed by atoms with Gasteiger partial charge in [-0.2, -0.15) is 0 Å². The smallest absolute Gasteiger partial charge is 0.216 e. The Kier molecular flexibility index (Phi) is 3.57. The molecule has 0 atom stereocenters. The normalized spacial score (nSPS) is 25.0. The van der Waals surface area contributed by atoms with Crippen LogP contribution in [0.4, 0.5) is 17.2 Å². The summed E-state index contributed by atoms with van der Waals surface area (Å²) in [5.41, 5.74) is 3.11. The van der Waals surface area contributed by atoms with Gasteiger partial charge in [0.15, 0.2) is 11.5 Å². The van der Waals surface area contributed by atoms with Crippen LogP contribution in [0.5, 0.6) is 11.6 Å². The van der Waals surface area contributed by atoms with Crippen molar-refractivity contribution in [2.24, 2.45) is 0 Å². The molecule has 0 aliphatic carbocycles. The standard InChI is InChI=1S/C25H26N6O3/c1-32-22-14-19(4-5-21(22)30-8-11-33-12-9-30)28-23-24-26-6-7-31(24)16-20(29-23)18-13-17-3-2-10-34-25(17)27-15-18/h4-7,13-16H,2-3,8-12H2,1H3,(H,28,29)/i8D2,9D2,11D2,12D2. The summed E-state index contributed by atoms with van der Waals surface area (Å²) < 4.78 is 83.0. The second kappa shape index (κ2) is 8.83. The number of rotatable bonds is 5. The fourth-order valence-corrected chi connectivity index (χ4v) is 3.92. The topological polar surface area (TPSA) is 86.0 Å². The van der Waals surface area contributed by atoms with Crippen molar-refractivity contribution in [2.45, 2.75) is 12.8 Å². The Balaban J connectivity index is 1.39. The average Bonchev–Trinajstić information content (AvgIpc) is 3.41. The number of morpholine rings is 1. The highest BCUT2D eigenvalue weighted by Gasteiger charge is 2.18. The monoisotopic (exact) mass is 466 g/mol. The molecule has 1 saturated heterocycles. The number of methoxy groups -OCH3 is 1. The van der Waals surface area contributed by atoms with Gasteiger partial charge in [-0.05, 0) is 31.0 Å². The first kappa shape index (κ1) is 13.8. The second-order valence-corrected chi connectivity index (χ2v) is 7.65. The molecule has 174 valence electrons. The average molecular weight is 467 g/mol. The number of aromatic nitrogens is 4. The Hall–Kier alpha value is -3.85. The molecule has 0 bridgehead atoms. The van der Waals surface area contributed by atoms with Crippen molar-refractivity contribution in [3.8, 4) is 22.9 Å². The van der Waals surface area contributed by atoms with E-state index < -0.39 is 26.1 Å². The van der Waals surface area contributed by atoms with E-state index in [0.717, 1.165) is 24.0 Å². The molecule has 2 aliphatic rings. The van der Waals surface area contributed by atoms with Gasteiger partial charge < -0.3 is 28.8 Å². The zero-order chi connectivity index (χ0) is 30.1. The van der Waals surface area contributed by atoms with E-state index in [0.29, 0.717) is 40.2 Å². The van der Waals surface area contributed by atoms with Crippen molar-refractivity contribution < 1.29 is 25.2 Å². The van der Waals surface area contributed by atoms with Gasteiger partial charge in [-0.25, -0.2) is 15.0 Å². The van der Waals surface area contributed by atoms with E-state index in [1.807, 2.05) is 12.3 Å². The maximum absolute atomic E-state index is 8.38. The van der Waals surface area contributed by atoms with E-state index in [1.165, 1.54) is 25.3 Å².